The zero-order valence-electron chi connectivity index (χ0n) is 9.64. The minimum Gasteiger partial charge on any atom is -0.393 e. The third-order valence-electron chi connectivity index (χ3n) is 3.25. The summed E-state index contributed by atoms with van der Waals surface area (Å²) in [4.78, 5) is 0. The quantitative estimate of drug-likeness (QED) is 0.717. The topological polar surface area (TPSA) is 43.7 Å². The highest BCUT2D eigenvalue weighted by Crippen LogP contribution is 2.29. The molecule has 1 rings (SSSR count). The summed E-state index contributed by atoms with van der Waals surface area (Å²) in [5.74, 6) is 0.771. The highest BCUT2D eigenvalue weighted by atomic mass is 16.5. The Morgan fingerprint density at radius 2 is 1.36 bits per heavy atom. The van der Waals surface area contributed by atoms with Gasteiger partial charge in [-0.1, -0.05) is 27.7 Å². The maximum atomic E-state index is 10.0. The molecular weight excluding hydrogens is 178 g/mol. The second-order valence-corrected chi connectivity index (χ2v) is 5.13. The number of hydrogen-bond acceptors (Lipinski definition) is 3. The third kappa shape index (κ3) is 2.47. The average Bonchev–Trinajstić information content (AvgIpc) is 2.07. The van der Waals surface area contributed by atoms with Gasteiger partial charge in [-0.05, 0) is 24.7 Å². The van der Waals surface area contributed by atoms with Crippen LogP contribution in [-0.2, 0) is 0 Å². The van der Waals surface area contributed by atoms with Gasteiger partial charge in [0.2, 0.25) is 0 Å². The van der Waals surface area contributed by atoms with Crippen molar-refractivity contribution in [1.82, 2.24) is 5.06 Å². The van der Waals surface area contributed by atoms with Crippen molar-refractivity contribution in [2.75, 3.05) is 0 Å². The van der Waals surface area contributed by atoms with E-state index in [1.807, 2.05) is 0 Å². The van der Waals surface area contributed by atoms with Gasteiger partial charge in [0.15, 0.2) is 0 Å². The Kier molecular flexibility index (Phi) is 3.93. The highest BCUT2D eigenvalue weighted by molar-refractivity contribution is 4.87. The van der Waals surface area contributed by atoms with Crippen molar-refractivity contribution >= 4 is 0 Å². The molecule has 0 bridgehead atoms. The van der Waals surface area contributed by atoms with Gasteiger partial charge in [-0.3, -0.25) is 0 Å². The number of piperidine rings is 1. The Labute approximate surface area is 86.7 Å². The molecule has 14 heavy (non-hydrogen) atoms. The molecule has 1 aliphatic heterocycles. The lowest BCUT2D eigenvalue weighted by atomic mass is 9.85. The van der Waals surface area contributed by atoms with Gasteiger partial charge in [0.25, 0.3) is 0 Å². The van der Waals surface area contributed by atoms with Crippen LogP contribution in [0.1, 0.15) is 40.5 Å². The molecule has 3 heteroatoms. The summed E-state index contributed by atoms with van der Waals surface area (Å²) in [6.45, 7) is 8.35. The van der Waals surface area contributed by atoms with Crippen LogP contribution < -0.4 is 0 Å². The van der Waals surface area contributed by atoms with Crippen molar-refractivity contribution in [3.8, 4) is 0 Å². The van der Waals surface area contributed by atoms with E-state index in [1.54, 1.807) is 0 Å². The minimum atomic E-state index is -0.252. The minimum absolute atomic E-state index is 0.103. The van der Waals surface area contributed by atoms with Crippen LogP contribution in [0.25, 0.3) is 0 Å². The highest BCUT2D eigenvalue weighted by Gasteiger charge is 2.36. The molecule has 0 aromatic carbocycles. The summed E-state index contributed by atoms with van der Waals surface area (Å²) >= 11 is 0. The van der Waals surface area contributed by atoms with E-state index >= 15 is 0 Å². The summed E-state index contributed by atoms with van der Waals surface area (Å²) in [6.07, 6.45) is 1.13. The fourth-order valence-corrected chi connectivity index (χ4v) is 2.27. The van der Waals surface area contributed by atoms with Crippen LogP contribution in [-0.4, -0.2) is 33.6 Å². The monoisotopic (exact) mass is 201 g/mol. The molecular formula is C11H23NO2. The van der Waals surface area contributed by atoms with Crippen LogP contribution in [0.3, 0.4) is 0 Å². The van der Waals surface area contributed by atoms with Crippen LogP contribution in [0.15, 0.2) is 0 Å². The number of hydrogen-bond donors (Lipinski definition) is 2. The molecule has 2 unspecified atom stereocenters. The Morgan fingerprint density at radius 3 is 1.64 bits per heavy atom. The second-order valence-electron chi connectivity index (χ2n) is 5.13. The predicted octanol–water partition coefficient (Wildman–Crippen LogP) is 1.88. The van der Waals surface area contributed by atoms with E-state index in [1.165, 1.54) is 5.06 Å². The lowest BCUT2D eigenvalue weighted by Crippen LogP contribution is -2.53. The van der Waals surface area contributed by atoms with Crippen molar-refractivity contribution in [2.24, 2.45) is 11.8 Å². The fourth-order valence-electron chi connectivity index (χ4n) is 2.27. The fraction of sp³-hybridized carbons (Fsp3) is 1.00. The normalized spacial score (nSPS) is 35.6. The molecule has 84 valence electrons. The third-order valence-corrected chi connectivity index (χ3v) is 3.25. The molecule has 3 nitrogen and oxygen atoms in total. The van der Waals surface area contributed by atoms with Crippen molar-refractivity contribution in [1.29, 1.82) is 0 Å². The lowest BCUT2D eigenvalue weighted by Gasteiger charge is -2.43. The van der Waals surface area contributed by atoms with Crippen molar-refractivity contribution in [3.05, 3.63) is 0 Å². The number of aliphatic hydroxyl groups excluding tert-OH is 1. The Morgan fingerprint density at radius 1 is 1.00 bits per heavy atom. The predicted molar refractivity (Wildman–Crippen MR) is 56.1 cm³/mol. The Hall–Kier alpha value is -0.120. The van der Waals surface area contributed by atoms with E-state index in [0.29, 0.717) is 24.7 Å². The van der Waals surface area contributed by atoms with E-state index < -0.39 is 0 Å². The average molecular weight is 201 g/mol. The first-order valence-electron chi connectivity index (χ1n) is 5.58. The summed E-state index contributed by atoms with van der Waals surface area (Å²) in [5, 5.41) is 21.2. The van der Waals surface area contributed by atoms with Crippen molar-refractivity contribution < 1.29 is 10.3 Å². The van der Waals surface area contributed by atoms with E-state index in [4.69, 9.17) is 0 Å². The molecule has 1 heterocycles. The van der Waals surface area contributed by atoms with Crippen molar-refractivity contribution in [2.45, 2.75) is 58.7 Å². The molecule has 1 fully saturated rings. The summed E-state index contributed by atoms with van der Waals surface area (Å²) < 4.78 is 0. The molecule has 1 saturated heterocycles. The van der Waals surface area contributed by atoms with E-state index in [-0.39, 0.29) is 18.2 Å². The number of rotatable bonds is 2. The molecule has 0 amide bonds. The number of nitrogens with zero attached hydrogens (tertiary/aromatic N) is 1. The van der Waals surface area contributed by atoms with Crippen LogP contribution in [0, 0.1) is 11.8 Å². The summed E-state index contributed by atoms with van der Waals surface area (Å²) in [7, 11) is 0. The molecule has 0 aromatic rings. The van der Waals surface area contributed by atoms with Gasteiger partial charge in [-0.2, -0.15) is 5.06 Å². The first-order valence-corrected chi connectivity index (χ1v) is 5.58. The van der Waals surface area contributed by atoms with Crippen molar-refractivity contribution in [3.63, 3.8) is 0 Å². The van der Waals surface area contributed by atoms with Gasteiger partial charge >= 0.3 is 0 Å². The van der Waals surface area contributed by atoms with Gasteiger partial charge in [0, 0.05) is 12.1 Å². The van der Waals surface area contributed by atoms with E-state index in [0.717, 1.165) is 0 Å². The maximum Gasteiger partial charge on any atom is 0.0572 e. The molecule has 0 saturated carbocycles. The SMILES string of the molecule is CC(C)C1CC(O)CC(C(C)C)N1O. The molecule has 2 N–H and O–H groups in total. The van der Waals surface area contributed by atoms with Crippen LogP contribution >= 0.6 is 0 Å². The number of hydroxylamine groups is 2. The van der Waals surface area contributed by atoms with Crippen LogP contribution in [0.4, 0.5) is 0 Å². The van der Waals surface area contributed by atoms with Crippen LogP contribution in [0.5, 0.6) is 0 Å². The van der Waals surface area contributed by atoms with Gasteiger partial charge in [-0.25, -0.2) is 0 Å². The summed E-state index contributed by atoms with van der Waals surface area (Å²) in [6, 6.07) is 0.206. The van der Waals surface area contributed by atoms with Gasteiger partial charge in [-0.15, -0.1) is 0 Å². The molecule has 2 atom stereocenters. The van der Waals surface area contributed by atoms with Gasteiger partial charge in [0.05, 0.1) is 6.10 Å². The molecule has 0 radical (unpaired) electrons. The largest absolute Gasteiger partial charge is 0.393 e. The maximum absolute atomic E-state index is 10.0. The van der Waals surface area contributed by atoms with E-state index in [2.05, 4.69) is 27.7 Å². The molecule has 0 aliphatic carbocycles. The Bertz CT molecular complexity index is 164. The first kappa shape index (κ1) is 12.0. The second kappa shape index (κ2) is 4.60. The summed E-state index contributed by atoms with van der Waals surface area (Å²) in [5.41, 5.74) is 0. The zero-order valence-corrected chi connectivity index (χ0v) is 9.64. The number of aliphatic hydroxyl groups is 1. The van der Waals surface area contributed by atoms with Gasteiger partial charge in [0.1, 0.15) is 0 Å². The first-order chi connectivity index (χ1) is 6.43. The smallest absolute Gasteiger partial charge is 0.0572 e. The standard InChI is InChI=1S/C11H23NO2/c1-7(2)10-5-9(13)6-11(8(3)4)12(10)14/h7-11,13-14H,5-6H2,1-4H3. The Balaban J connectivity index is 2.70. The van der Waals surface area contributed by atoms with E-state index in [9.17, 15) is 10.3 Å². The molecule has 0 aromatic heterocycles. The molecule has 0 spiro atoms. The molecule has 1 aliphatic rings. The van der Waals surface area contributed by atoms with Crippen LogP contribution in [0.2, 0.25) is 0 Å². The lowest BCUT2D eigenvalue weighted by molar-refractivity contribution is -0.213. The zero-order chi connectivity index (χ0) is 10.9. The van der Waals surface area contributed by atoms with Gasteiger partial charge < -0.3 is 10.3 Å².